The number of carbonyl (C=O) groups excluding carboxylic acids is 2. The minimum Gasteiger partial charge on any atom is -0.379 e. The molecule has 1 saturated heterocycles. The van der Waals surface area contributed by atoms with E-state index in [2.05, 4.69) is 15.8 Å². The summed E-state index contributed by atoms with van der Waals surface area (Å²) in [4.78, 5) is 35.7. The Morgan fingerprint density at radius 3 is 2.76 bits per heavy atom. The van der Waals surface area contributed by atoms with Crippen LogP contribution in [-0.2, 0) is 14.3 Å². The van der Waals surface area contributed by atoms with Crippen LogP contribution in [0.25, 0.3) is 6.08 Å². The lowest BCUT2D eigenvalue weighted by molar-refractivity contribution is -0.384. The van der Waals surface area contributed by atoms with Gasteiger partial charge in [0.05, 0.1) is 18.1 Å². The number of carbonyl (C=O) groups is 2. The molecule has 2 N–H and O–H groups in total. The molecule has 9 nitrogen and oxygen atoms in total. The van der Waals surface area contributed by atoms with Crippen LogP contribution in [0.4, 0.5) is 5.69 Å². The van der Waals surface area contributed by atoms with Gasteiger partial charge in [-0.05, 0) is 11.6 Å². The second-order valence-corrected chi connectivity index (χ2v) is 5.43. The Labute approximate surface area is 144 Å². The quantitative estimate of drug-likeness (QED) is 0.439. The number of hydrazine groups is 1. The number of rotatable bonds is 6. The monoisotopic (exact) mass is 348 g/mol. The van der Waals surface area contributed by atoms with Crippen molar-refractivity contribution in [2.24, 2.45) is 0 Å². The number of benzene rings is 1. The van der Waals surface area contributed by atoms with Gasteiger partial charge in [0.2, 0.25) is 5.91 Å². The first-order valence-electron chi connectivity index (χ1n) is 7.86. The normalized spacial score (nSPS) is 15.0. The highest BCUT2D eigenvalue weighted by atomic mass is 16.6. The minimum atomic E-state index is -0.522. The van der Waals surface area contributed by atoms with Gasteiger partial charge >= 0.3 is 0 Å². The standard InChI is InChI=1S/C16H20N4O5/c21-15(5-4-13-2-1-3-14(12-13)20(23)24)17-18-16(22)6-7-19-8-10-25-11-9-19/h1-5,12H,6-11H2,(H,17,21)(H,18,22). The Morgan fingerprint density at radius 2 is 2.04 bits per heavy atom. The van der Waals surface area contributed by atoms with Gasteiger partial charge in [-0.2, -0.15) is 0 Å². The molecule has 2 rings (SSSR count). The van der Waals surface area contributed by atoms with Gasteiger partial charge in [-0.15, -0.1) is 0 Å². The molecule has 134 valence electrons. The molecule has 0 unspecified atom stereocenters. The van der Waals surface area contributed by atoms with Crippen LogP contribution in [0.2, 0.25) is 0 Å². The van der Waals surface area contributed by atoms with Gasteiger partial charge in [0.1, 0.15) is 0 Å². The second kappa shape index (κ2) is 9.50. The van der Waals surface area contributed by atoms with E-state index in [9.17, 15) is 19.7 Å². The molecule has 1 aliphatic heterocycles. The summed E-state index contributed by atoms with van der Waals surface area (Å²) in [5.74, 6) is -0.810. The maximum Gasteiger partial charge on any atom is 0.270 e. The number of nitro benzene ring substituents is 1. The third kappa shape index (κ3) is 6.69. The van der Waals surface area contributed by atoms with Crippen LogP contribution < -0.4 is 10.9 Å². The molecule has 9 heteroatoms. The zero-order valence-corrected chi connectivity index (χ0v) is 13.6. The fourth-order valence-electron chi connectivity index (χ4n) is 2.23. The molecule has 0 aliphatic carbocycles. The van der Waals surface area contributed by atoms with E-state index in [0.29, 0.717) is 25.3 Å². The Balaban J connectivity index is 1.71. The lowest BCUT2D eigenvalue weighted by Crippen LogP contribution is -2.43. The second-order valence-electron chi connectivity index (χ2n) is 5.43. The molecule has 1 aliphatic rings. The van der Waals surface area contributed by atoms with Crippen molar-refractivity contribution in [2.45, 2.75) is 6.42 Å². The van der Waals surface area contributed by atoms with E-state index in [1.165, 1.54) is 30.4 Å². The van der Waals surface area contributed by atoms with Gasteiger partial charge in [0, 0.05) is 44.3 Å². The fourth-order valence-corrected chi connectivity index (χ4v) is 2.23. The number of nitrogens with zero attached hydrogens (tertiary/aromatic N) is 2. The number of amides is 2. The molecule has 0 spiro atoms. The smallest absolute Gasteiger partial charge is 0.270 e. The number of nitro groups is 1. The number of morpholine rings is 1. The summed E-state index contributed by atoms with van der Waals surface area (Å²) in [5, 5.41) is 10.7. The summed E-state index contributed by atoms with van der Waals surface area (Å²) in [6.07, 6.45) is 2.90. The fraction of sp³-hybridized carbons (Fsp3) is 0.375. The predicted molar refractivity (Wildman–Crippen MR) is 90.3 cm³/mol. The number of hydrogen-bond acceptors (Lipinski definition) is 6. The van der Waals surface area contributed by atoms with E-state index < -0.39 is 10.8 Å². The molecule has 0 radical (unpaired) electrons. The molecule has 25 heavy (non-hydrogen) atoms. The molecule has 2 amide bonds. The average Bonchev–Trinajstić information content (AvgIpc) is 2.64. The van der Waals surface area contributed by atoms with Gasteiger partial charge in [-0.1, -0.05) is 12.1 Å². The Morgan fingerprint density at radius 1 is 1.28 bits per heavy atom. The maximum atomic E-state index is 11.7. The van der Waals surface area contributed by atoms with E-state index >= 15 is 0 Å². The summed E-state index contributed by atoms with van der Waals surface area (Å²) >= 11 is 0. The lowest BCUT2D eigenvalue weighted by Gasteiger charge is -2.26. The summed E-state index contributed by atoms with van der Waals surface area (Å²) in [6.45, 7) is 3.54. The molecule has 0 aromatic heterocycles. The molecule has 0 bridgehead atoms. The van der Waals surface area contributed by atoms with Crippen molar-refractivity contribution in [3.8, 4) is 0 Å². The highest BCUT2D eigenvalue weighted by Crippen LogP contribution is 2.13. The van der Waals surface area contributed by atoms with Crippen LogP contribution in [0, 0.1) is 10.1 Å². The average molecular weight is 348 g/mol. The SMILES string of the molecule is O=C(C=Cc1cccc([N+](=O)[O-])c1)NNC(=O)CCN1CCOCC1. The molecular formula is C16H20N4O5. The molecule has 0 atom stereocenters. The van der Waals surface area contributed by atoms with Crippen LogP contribution in [0.1, 0.15) is 12.0 Å². The first-order chi connectivity index (χ1) is 12.0. The van der Waals surface area contributed by atoms with Crippen molar-refractivity contribution in [3.05, 3.63) is 46.0 Å². The topological polar surface area (TPSA) is 114 Å². The third-order valence-electron chi connectivity index (χ3n) is 3.59. The van der Waals surface area contributed by atoms with Crippen molar-refractivity contribution in [1.29, 1.82) is 0 Å². The van der Waals surface area contributed by atoms with E-state index in [1.807, 2.05) is 0 Å². The largest absolute Gasteiger partial charge is 0.379 e. The van der Waals surface area contributed by atoms with Gasteiger partial charge in [0.25, 0.3) is 11.6 Å². The van der Waals surface area contributed by atoms with Crippen molar-refractivity contribution < 1.29 is 19.2 Å². The molecule has 1 fully saturated rings. The van der Waals surface area contributed by atoms with Crippen LogP contribution >= 0.6 is 0 Å². The van der Waals surface area contributed by atoms with Crippen molar-refractivity contribution in [3.63, 3.8) is 0 Å². The first kappa shape index (κ1) is 18.6. The Hall–Kier alpha value is -2.78. The summed E-state index contributed by atoms with van der Waals surface area (Å²) in [6, 6.07) is 5.89. The van der Waals surface area contributed by atoms with Gasteiger partial charge in [-0.25, -0.2) is 0 Å². The number of ether oxygens (including phenoxy) is 1. The summed E-state index contributed by atoms with van der Waals surface area (Å²) < 4.78 is 5.23. The third-order valence-corrected chi connectivity index (χ3v) is 3.59. The van der Waals surface area contributed by atoms with Crippen molar-refractivity contribution >= 4 is 23.6 Å². The van der Waals surface area contributed by atoms with E-state index in [-0.39, 0.29) is 18.0 Å². The van der Waals surface area contributed by atoms with Gasteiger partial charge in [-0.3, -0.25) is 35.5 Å². The summed E-state index contributed by atoms with van der Waals surface area (Å²) in [5.41, 5.74) is 5.07. The summed E-state index contributed by atoms with van der Waals surface area (Å²) in [7, 11) is 0. The number of non-ortho nitro benzene ring substituents is 1. The molecule has 1 aromatic carbocycles. The zero-order chi connectivity index (χ0) is 18.1. The highest BCUT2D eigenvalue weighted by Gasteiger charge is 2.12. The predicted octanol–water partition coefficient (Wildman–Crippen LogP) is 0.478. The Bertz CT molecular complexity index is 656. The van der Waals surface area contributed by atoms with E-state index in [4.69, 9.17) is 4.74 Å². The van der Waals surface area contributed by atoms with Crippen LogP contribution in [0.3, 0.4) is 0 Å². The van der Waals surface area contributed by atoms with Crippen molar-refractivity contribution in [2.75, 3.05) is 32.8 Å². The Kier molecular flexibility index (Phi) is 7.05. The molecule has 0 saturated carbocycles. The van der Waals surface area contributed by atoms with Crippen LogP contribution in [0.15, 0.2) is 30.3 Å². The van der Waals surface area contributed by atoms with Crippen molar-refractivity contribution in [1.82, 2.24) is 15.8 Å². The first-order valence-corrected chi connectivity index (χ1v) is 7.86. The van der Waals surface area contributed by atoms with E-state index in [1.54, 1.807) is 6.07 Å². The molecule has 1 heterocycles. The highest BCUT2D eigenvalue weighted by molar-refractivity contribution is 5.93. The van der Waals surface area contributed by atoms with Crippen LogP contribution in [-0.4, -0.2) is 54.5 Å². The molecule has 1 aromatic rings. The maximum absolute atomic E-state index is 11.7. The minimum absolute atomic E-state index is 0.0565. The number of nitrogens with one attached hydrogen (secondary N) is 2. The molecular weight excluding hydrogens is 328 g/mol. The number of hydrogen-bond donors (Lipinski definition) is 2. The van der Waals surface area contributed by atoms with Crippen LogP contribution in [0.5, 0.6) is 0 Å². The zero-order valence-electron chi connectivity index (χ0n) is 13.6. The lowest BCUT2D eigenvalue weighted by atomic mass is 10.2. The van der Waals surface area contributed by atoms with Gasteiger partial charge < -0.3 is 4.74 Å². The van der Waals surface area contributed by atoms with Gasteiger partial charge in [0.15, 0.2) is 0 Å². The van der Waals surface area contributed by atoms with E-state index in [0.717, 1.165) is 13.1 Å².